The van der Waals surface area contributed by atoms with Crippen LogP contribution in [0.25, 0.3) is 11.3 Å². The van der Waals surface area contributed by atoms with E-state index in [1.807, 2.05) is 109 Å². The fourth-order valence-corrected chi connectivity index (χ4v) is 4.21. The smallest absolute Gasteiger partial charge is 0.172 e. The summed E-state index contributed by atoms with van der Waals surface area (Å²) < 4.78 is 10.9. The number of para-hydroxylation sites is 1. The molecule has 6 heteroatoms. The molecule has 0 aliphatic carbocycles. The topological polar surface area (TPSA) is 68.6 Å². The van der Waals surface area contributed by atoms with E-state index >= 15 is 0 Å². The van der Waals surface area contributed by atoms with Crippen LogP contribution in [-0.2, 0) is 6.42 Å². The lowest BCUT2D eigenvalue weighted by Crippen LogP contribution is -2.09. The van der Waals surface area contributed by atoms with Crippen molar-refractivity contribution >= 4 is 11.5 Å². The quantitative estimate of drug-likeness (QED) is 0.182. The van der Waals surface area contributed by atoms with Gasteiger partial charge in [0.25, 0.3) is 0 Å². The van der Waals surface area contributed by atoms with Gasteiger partial charge < -0.3 is 9.47 Å². The lowest BCUT2D eigenvalue weighted by Gasteiger charge is -2.13. The summed E-state index contributed by atoms with van der Waals surface area (Å²) in [4.78, 5) is 0. The minimum Gasteiger partial charge on any atom is -0.497 e. The first-order valence-corrected chi connectivity index (χ1v) is 12.3. The van der Waals surface area contributed by atoms with E-state index in [1.54, 1.807) is 14.2 Å². The second-order valence-corrected chi connectivity index (χ2v) is 8.62. The number of rotatable bonds is 9. The Bertz CT molecular complexity index is 1480. The number of methoxy groups -OCH3 is 2. The van der Waals surface area contributed by atoms with E-state index in [9.17, 15) is 0 Å². The molecule has 1 heterocycles. The van der Waals surface area contributed by atoms with Crippen molar-refractivity contribution in [2.75, 3.05) is 19.6 Å². The van der Waals surface area contributed by atoms with Crippen molar-refractivity contribution in [1.29, 1.82) is 0 Å². The minimum atomic E-state index is 0.581. The third-order valence-corrected chi connectivity index (χ3v) is 6.20. The van der Waals surface area contributed by atoms with Gasteiger partial charge in [-0.1, -0.05) is 78.9 Å². The van der Waals surface area contributed by atoms with Crippen molar-refractivity contribution in [3.63, 3.8) is 0 Å². The molecule has 1 N–H and O–H groups in total. The van der Waals surface area contributed by atoms with Gasteiger partial charge in [0.05, 0.1) is 25.6 Å². The van der Waals surface area contributed by atoms with Gasteiger partial charge >= 0.3 is 0 Å². The van der Waals surface area contributed by atoms with E-state index in [4.69, 9.17) is 14.6 Å². The van der Waals surface area contributed by atoms with Crippen LogP contribution in [-0.4, -0.2) is 30.1 Å². The Labute approximate surface area is 222 Å². The van der Waals surface area contributed by atoms with E-state index in [1.165, 1.54) is 0 Å². The normalized spacial score (nSPS) is 10.5. The van der Waals surface area contributed by atoms with Gasteiger partial charge in [-0.3, -0.25) is 5.43 Å². The van der Waals surface area contributed by atoms with Crippen molar-refractivity contribution < 1.29 is 9.47 Å². The van der Waals surface area contributed by atoms with E-state index in [2.05, 4.69) is 21.7 Å². The zero-order valence-electron chi connectivity index (χ0n) is 21.3. The molecule has 5 aromatic rings. The highest BCUT2D eigenvalue weighted by Crippen LogP contribution is 2.28. The van der Waals surface area contributed by atoms with Crippen molar-refractivity contribution in [2.45, 2.75) is 6.42 Å². The Kier molecular flexibility index (Phi) is 7.70. The summed E-state index contributed by atoms with van der Waals surface area (Å²) >= 11 is 0. The summed E-state index contributed by atoms with van der Waals surface area (Å²) in [5.74, 6) is 2.19. The molecule has 0 aliphatic rings. The van der Waals surface area contributed by atoms with Crippen LogP contribution < -0.4 is 14.9 Å². The number of ether oxygens (including phenoxy) is 2. The molecule has 188 valence electrons. The van der Waals surface area contributed by atoms with Gasteiger partial charge in [-0.2, -0.15) is 5.10 Å². The number of anilines is 1. The van der Waals surface area contributed by atoms with Crippen molar-refractivity contribution in [2.24, 2.45) is 5.10 Å². The van der Waals surface area contributed by atoms with Crippen molar-refractivity contribution in [1.82, 2.24) is 10.2 Å². The second kappa shape index (κ2) is 11.8. The van der Waals surface area contributed by atoms with Gasteiger partial charge in [0.15, 0.2) is 5.82 Å². The summed E-state index contributed by atoms with van der Waals surface area (Å²) in [5, 5.41) is 13.9. The Morgan fingerprint density at radius 2 is 1.32 bits per heavy atom. The standard InChI is InChI=1S/C32H28N4O2/c1-37-28-19-17-23(18-20-28)29-22-27(21-26-15-9-10-16-30(26)38-2)32(35-33-29)36-34-31(24-11-5-3-6-12-24)25-13-7-4-8-14-25/h3-20,22H,21H2,1-2H3,(H,35,36). The van der Waals surface area contributed by atoms with Crippen LogP contribution >= 0.6 is 0 Å². The molecule has 0 spiro atoms. The third-order valence-electron chi connectivity index (χ3n) is 6.20. The molecule has 0 amide bonds. The maximum Gasteiger partial charge on any atom is 0.172 e. The van der Waals surface area contributed by atoms with Gasteiger partial charge in [-0.15, -0.1) is 10.2 Å². The van der Waals surface area contributed by atoms with Crippen molar-refractivity contribution in [3.05, 3.63) is 138 Å². The Balaban J connectivity index is 1.56. The summed E-state index contributed by atoms with van der Waals surface area (Å²) in [6.45, 7) is 0. The zero-order chi connectivity index (χ0) is 26.2. The fraction of sp³-hybridized carbons (Fsp3) is 0.0938. The van der Waals surface area contributed by atoms with Crippen molar-refractivity contribution in [3.8, 4) is 22.8 Å². The molecule has 1 aromatic heterocycles. The first-order valence-electron chi connectivity index (χ1n) is 12.3. The Hall–Kier alpha value is -4.97. The highest BCUT2D eigenvalue weighted by atomic mass is 16.5. The molecule has 5 rings (SSSR count). The van der Waals surface area contributed by atoms with Crippen LogP contribution in [0.2, 0.25) is 0 Å². The highest BCUT2D eigenvalue weighted by molar-refractivity contribution is 6.13. The predicted octanol–water partition coefficient (Wildman–Crippen LogP) is 6.62. The zero-order valence-corrected chi connectivity index (χ0v) is 21.3. The Morgan fingerprint density at radius 3 is 1.95 bits per heavy atom. The van der Waals surface area contributed by atoms with Crippen LogP contribution in [0.15, 0.2) is 120 Å². The predicted molar refractivity (Wildman–Crippen MR) is 152 cm³/mol. The maximum atomic E-state index is 5.61. The molecule has 0 aliphatic heterocycles. The van der Waals surface area contributed by atoms with Gasteiger partial charge in [0.1, 0.15) is 11.5 Å². The molecule has 0 saturated carbocycles. The monoisotopic (exact) mass is 500 g/mol. The molecule has 0 saturated heterocycles. The van der Waals surface area contributed by atoms with Crippen LogP contribution in [0, 0.1) is 0 Å². The number of benzene rings is 4. The fourth-order valence-electron chi connectivity index (χ4n) is 4.21. The van der Waals surface area contributed by atoms with Gasteiger partial charge in [-0.25, -0.2) is 0 Å². The largest absolute Gasteiger partial charge is 0.497 e. The van der Waals surface area contributed by atoms with E-state index < -0.39 is 0 Å². The number of hydrogen-bond acceptors (Lipinski definition) is 6. The van der Waals surface area contributed by atoms with Crippen LogP contribution in [0.4, 0.5) is 5.82 Å². The van der Waals surface area contributed by atoms with Crippen LogP contribution in [0.1, 0.15) is 22.3 Å². The molecule has 0 radical (unpaired) electrons. The lowest BCUT2D eigenvalue weighted by molar-refractivity contribution is 0.410. The lowest BCUT2D eigenvalue weighted by atomic mass is 10.0. The molecule has 0 atom stereocenters. The van der Waals surface area contributed by atoms with Crippen LogP contribution in [0.5, 0.6) is 11.5 Å². The highest BCUT2D eigenvalue weighted by Gasteiger charge is 2.14. The number of nitrogens with one attached hydrogen (secondary N) is 1. The molecule has 4 aromatic carbocycles. The number of aromatic nitrogens is 2. The summed E-state index contributed by atoms with van der Waals surface area (Å²) in [5.41, 5.74) is 9.73. The first-order chi connectivity index (χ1) is 18.7. The maximum absolute atomic E-state index is 5.61. The average Bonchev–Trinajstić information content (AvgIpc) is 2.99. The number of hydrazone groups is 1. The number of nitrogens with zero attached hydrogens (tertiary/aromatic N) is 3. The molecule has 6 nitrogen and oxygen atoms in total. The van der Waals surface area contributed by atoms with Gasteiger partial charge in [-0.05, 0) is 42.0 Å². The van der Waals surface area contributed by atoms with E-state index in [-0.39, 0.29) is 0 Å². The molecule has 0 fully saturated rings. The second-order valence-electron chi connectivity index (χ2n) is 8.62. The first kappa shape index (κ1) is 24.7. The number of hydrogen-bond donors (Lipinski definition) is 1. The molecular formula is C32H28N4O2. The molecule has 0 unspecified atom stereocenters. The minimum absolute atomic E-state index is 0.581. The van der Waals surface area contributed by atoms with Gasteiger partial charge in [0.2, 0.25) is 0 Å². The summed E-state index contributed by atoms with van der Waals surface area (Å²) in [6.07, 6.45) is 0.590. The third kappa shape index (κ3) is 5.71. The molecular weight excluding hydrogens is 472 g/mol. The van der Waals surface area contributed by atoms with E-state index in [0.29, 0.717) is 12.2 Å². The SMILES string of the molecule is COc1ccc(-c2cc(Cc3ccccc3OC)c(NN=C(c3ccccc3)c3ccccc3)nn2)cc1. The summed E-state index contributed by atoms with van der Waals surface area (Å²) in [6, 6.07) is 38.0. The molecule has 0 bridgehead atoms. The molecule has 38 heavy (non-hydrogen) atoms. The summed E-state index contributed by atoms with van der Waals surface area (Å²) in [7, 11) is 3.34. The van der Waals surface area contributed by atoms with E-state index in [0.717, 1.165) is 50.7 Å². The van der Waals surface area contributed by atoms with Gasteiger partial charge in [0, 0.05) is 28.7 Å². The Morgan fingerprint density at radius 1 is 0.684 bits per heavy atom. The average molecular weight is 501 g/mol. The van der Waals surface area contributed by atoms with Crippen LogP contribution in [0.3, 0.4) is 0 Å².